The molecule has 1 atom stereocenters. The van der Waals surface area contributed by atoms with E-state index >= 15 is 0 Å². The Morgan fingerprint density at radius 3 is 2.29 bits per heavy atom. The van der Waals surface area contributed by atoms with Crippen LogP contribution in [0.1, 0.15) is 25.0 Å². The van der Waals surface area contributed by atoms with Crippen LogP contribution in [0.15, 0.2) is 17.0 Å². The van der Waals surface area contributed by atoms with Crippen LogP contribution in [0.3, 0.4) is 0 Å². The van der Waals surface area contributed by atoms with E-state index in [-0.39, 0.29) is 0 Å². The first kappa shape index (κ1) is 18.3. The lowest BCUT2D eigenvalue weighted by Gasteiger charge is -2.16. The predicted octanol–water partition coefficient (Wildman–Crippen LogP) is 3.01. The molecule has 0 radical (unpaired) electrons. The lowest BCUT2D eigenvalue weighted by molar-refractivity contribution is 0.561. The van der Waals surface area contributed by atoms with Crippen LogP contribution in [0.25, 0.3) is 0 Å². The molecular weight excluding hydrogens is 304 g/mol. The van der Waals surface area contributed by atoms with Gasteiger partial charge in [-0.2, -0.15) is 11.8 Å². The summed E-state index contributed by atoms with van der Waals surface area (Å²) >= 11 is 1.73. The van der Waals surface area contributed by atoms with Crippen LogP contribution in [0.2, 0.25) is 0 Å². The van der Waals surface area contributed by atoms with E-state index in [4.69, 9.17) is 0 Å². The van der Waals surface area contributed by atoms with Gasteiger partial charge in [0.2, 0.25) is 10.0 Å². The summed E-state index contributed by atoms with van der Waals surface area (Å²) in [7, 11) is -3.45. The molecule has 0 heterocycles. The standard InChI is InChI=1S/C15H26N2O2S2/c1-6-16-14-7-12(3)15(13(4)8-14)21(18,19)17-9-11(2)10-20-5/h7-8,11,16-17H,6,9-10H2,1-5H3. The quantitative estimate of drug-likeness (QED) is 0.769. The number of hydrogen-bond donors (Lipinski definition) is 2. The van der Waals surface area contributed by atoms with Gasteiger partial charge < -0.3 is 5.32 Å². The Labute approximate surface area is 133 Å². The van der Waals surface area contributed by atoms with Crippen molar-refractivity contribution in [3.8, 4) is 0 Å². The average molecular weight is 331 g/mol. The van der Waals surface area contributed by atoms with Crippen molar-refractivity contribution in [2.75, 3.05) is 30.4 Å². The molecule has 0 fully saturated rings. The van der Waals surface area contributed by atoms with Crippen LogP contribution in [0, 0.1) is 19.8 Å². The van der Waals surface area contributed by atoms with Gasteiger partial charge in [-0.3, -0.25) is 0 Å². The largest absolute Gasteiger partial charge is 0.385 e. The number of thioether (sulfide) groups is 1. The van der Waals surface area contributed by atoms with Crippen molar-refractivity contribution in [1.82, 2.24) is 4.72 Å². The molecule has 0 aliphatic heterocycles. The molecule has 0 aliphatic rings. The number of hydrogen-bond acceptors (Lipinski definition) is 4. The molecular formula is C15H26N2O2S2. The van der Waals surface area contributed by atoms with E-state index in [1.54, 1.807) is 11.8 Å². The van der Waals surface area contributed by atoms with Crippen LogP contribution in [0.5, 0.6) is 0 Å². The molecule has 21 heavy (non-hydrogen) atoms. The Kier molecular flexibility index (Phi) is 7.03. The third-order valence-electron chi connectivity index (χ3n) is 3.18. The summed E-state index contributed by atoms with van der Waals surface area (Å²) in [6.45, 7) is 9.03. The third kappa shape index (κ3) is 5.20. The van der Waals surface area contributed by atoms with Crippen LogP contribution in [0.4, 0.5) is 5.69 Å². The van der Waals surface area contributed by atoms with Gasteiger partial charge >= 0.3 is 0 Å². The molecule has 1 rings (SSSR count). The van der Waals surface area contributed by atoms with E-state index in [1.807, 2.05) is 46.1 Å². The number of rotatable bonds is 8. The number of benzene rings is 1. The molecule has 0 saturated carbocycles. The maximum atomic E-state index is 12.5. The van der Waals surface area contributed by atoms with Crippen molar-refractivity contribution in [2.24, 2.45) is 5.92 Å². The number of anilines is 1. The fourth-order valence-corrected chi connectivity index (χ4v) is 4.65. The first-order chi connectivity index (χ1) is 9.81. The third-order valence-corrected chi connectivity index (χ3v) is 5.81. The lowest BCUT2D eigenvalue weighted by Crippen LogP contribution is -2.30. The van der Waals surface area contributed by atoms with Gasteiger partial charge in [-0.25, -0.2) is 13.1 Å². The minimum atomic E-state index is -3.45. The van der Waals surface area contributed by atoms with Crippen molar-refractivity contribution >= 4 is 27.5 Å². The minimum absolute atomic E-state index is 0.316. The van der Waals surface area contributed by atoms with Gasteiger partial charge in [0.1, 0.15) is 0 Å². The van der Waals surface area contributed by atoms with E-state index < -0.39 is 10.0 Å². The Balaban J connectivity index is 2.98. The summed E-state index contributed by atoms with van der Waals surface area (Å²) in [5, 5.41) is 3.22. The highest BCUT2D eigenvalue weighted by Gasteiger charge is 2.20. The van der Waals surface area contributed by atoms with Crippen molar-refractivity contribution in [3.05, 3.63) is 23.3 Å². The maximum absolute atomic E-state index is 12.5. The fraction of sp³-hybridized carbons (Fsp3) is 0.600. The zero-order chi connectivity index (χ0) is 16.0. The average Bonchev–Trinajstić information content (AvgIpc) is 2.36. The Hall–Kier alpha value is -0.720. The van der Waals surface area contributed by atoms with Crippen molar-refractivity contribution in [3.63, 3.8) is 0 Å². The SMILES string of the molecule is CCNc1cc(C)c(S(=O)(=O)NCC(C)CSC)c(C)c1. The molecule has 0 saturated heterocycles. The lowest BCUT2D eigenvalue weighted by atomic mass is 10.1. The zero-order valence-electron chi connectivity index (χ0n) is 13.5. The minimum Gasteiger partial charge on any atom is -0.385 e. The smallest absolute Gasteiger partial charge is 0.241 e. The normalized spacial score (nSPS) is 13.2. The molecule has 120 valence electrons. The predicted molar refractivity (Wildman–Crippen MR) is 92.8 cm³/mol. The second-order valence-electron chi connectivity index (χ2n) is 5.38. The molecule has 1 aromatic carbocycles. The summed E-state index contributed by atoms with van der Waals surface area (Å²) < 4.78 is 27.8. The van der Waals surface area contributed by atoms with Crippen molar-refractivity contribution in [2.45, 2.75) is 32.6 Å². The molecule has 2 N–H and O–H groups in total. The van der Waals surface area contributed by atoms with Gasteiger partial charge in [0.15, 0.2) is 0 Å². The molecule has 0 aromatic heterocycles. The molecule has 1 unspecified atom stereocenters. The Morgan fingerprint density at radius 2 is 1.81 bits per heavy atom. The monoisotopic (exact) mass is 330 g/mol. The summed E-state index contributed by atoms with van der Waals surface area (Å²) in [6.07, 6.45) is 2.03. The van der Waals surface area contributed by atoms with Gasteiger partial charge in [-0.15, -0.1) is 0 Å². The molecule has 0 aliphatic carbocycles. The summed E-state index contributed by atoms with van der Waals surface area (Å²) in [5.41, 5.74) is 2.51. The topological polar surface area (TPSA) is 58.2 Å². The maximum Gasteiger partial charge on any atom is 0.241 e. The summed E-state index contributed by atoms with van der Waals surface area (Å²) in [4.78, 5) is 0.403. The Bertz CT molecular complexity index is 548. The summed E-state index contributed by atoms with van der Waals surface area (Å²) in [5.74, 6) is 1.26. The highest BCUT2D eigenvalue weighted by molar-refractivity contribution is 7.98. The van der Waals surface area contributed by atoms with Gasteiger partial charge in [-0.05, 0) is 62.0 Å². The van der Waals surface area contributed by atoms with Crippen molar-refractivity contribution in [1.29, 1.82) is 0 Å². The number of sulfonamides is 1. The van der Waals surface area contributed by atoms with Crippen LogP contribution < -0.4 is 10.0 Å². The van der Waals surface area contributed by atoms with Crippen molar-refractivity contribution < 1.29 is 8.42 Å². The molecule has 0 bridgehead atoms. The highest BCUT2D eigenvalue weighted by Crippen LogP contribution is 2.24. The second-order valence-corrected chi connectivity index (χ2v) is 8.00. The number of nitrogens with one attached hydrogen (secondary N) is 2. The summed E-state index contributed by atoms with van der Waals surface area (Å²) in [6, 6.07) is 3.77. The molecule has 0 amide bonds. The van der Waals surface area contributed by atoms with E-state index in [1.165, 1.54) is 0 Å². The van der Waals surface area contributed by atoms with E-state index in [2.05, 4.69) is 10.0 Å². The van der Waals surface area contributed by atoms with Gasteiger partial charge in [-0.1, -0.05) is 6.92 Å². The number of aryl methyl sites for hydroxylation is 2. The first-order valence-electron chi connectivity index (χ1n) is 7.15. The van der Waals surface area contributed by atoms with E-state index in [9.17, 15) is 8.42 Å². The fourth-order valence-electron chi connectivity index (χ4n) is 2.35. The highest BCUT2D eigenvalue weighted by atomic mass is 32.2. The molecule has 4 nitrogen and oxygen atoms in total. The van der Waals surface area contributed by atoms with E-state index in [0.29, 0.717) is 17.4 Å². The van der Waals surface area contributed by atoms with Gasteiger partial charge in [0.25, 0.3) is 0 Å². The molecule has 0 spiro atoms. The van der Waals surface area contributed by atoms with Crippen LogP contribution >= 0.6 is 11.8 Å². The molecule has 1 aromatic rings. The van der Waals surface area contributed by atoms with Crippen LogP contribution in [-0.2, 0) is 10.0 Å². The Morgan fingerprint density at radius 1 is 1.24 bits per heavy atom. The van der Waals surface area contributed by atoms with Crippen LogP contribution in [-0.4, -0.2) is 33.5 Å². The zero-order valence-corrected chi connectivity index (χ0v) is 15.1. The molecule has 6 heteroatoms. The van der Waals surface area contributed by atoms with Gasteiger partial charge in [0, 0.05) is 18.8 Å². The second kappa shape index (κ2) is 8.06. The van der Waals surface area contributed by atoms with E-state index in [0.717, 1.165) is 29.1 Å². The first-order valence-corrected chi connectivity index (χ1v) is 10.0. The van der Waals surface area contributed by atoms with Gasteiger partial charge in [0.05, 0.1) is 4.90 Å².